The molecular formula is C15H15ClN2O2S. The summed E-state index contributed by atoms with van der Waals surface area (Å²) in [5.74, 6) is 2.46. The van der Waals surface area contributed by atoms with Gasteiger partial charge in [0.05, 0.1) is 5.56 Å². The third-order valence-electron chi connectivity index (χ3n) is 3.67. The Hall–Kier alpha value is -1.46. The maximum absolute atomic E-state index is 12.7. The summed E-state index contributed by atoms with van der Waals surface area (Å²) in [7, 11) is 0. The summed E-state index contributed by atoms with van der Waals surface area (Å²) in [4.78, 5) is 27.3. The minimum atomic E-state index is -0.429. The molecule has 0 saturated carbocycles. The molecule has 4 nitrogen and oxygen atoms in total. The molecule has 1 aliphatic rings. The van der Waals surface area contributed by atoms with E-state index in [4.69, 9.17) is 11.6 Å². The Morgan fingerprint density at radius 3 is 2.71 bits per heavy atom. The molecule has 110 valence electrons. The fraction of sp³-hybridized carbons (Fsp3) is 0.333. The van der Waals surface area contributed by atoms with Crippen LogP contribution in [0.3, 0.4) is 0 Å². The molecule has 1 fully saturated rings. The van der Waals surface area contributed by atoms with Gasteiger partial charge in [0.2, 0.25) is 0 Å². The number of hydrogen-bond acceptors (Lipinski definition) is 3. The third kappa shape index (κ3) is 2.94. The van der Waals surface area contributed by atoms with E-state index in [1.54, 1.807) is 0 Å². The number of aromatic nitrogens is 2. The number of nitrogens with one attached hydrogen (secondary N) is 1. The zero-order chi connectivity index (χ0) is 14.8. The summed E-state index contributed by atoms with van der Waals surface area (Å²) < 4.78 is 1.28. The van der Waals surface area contributed by atoms with Crippen molar-refractivity contribution in [3.05, 3.63) is 56.3 Å². The van der Waals surface area contributed by atoms with Gasteiger partial charge in [0.1, 0.15) is 5.15 Å². The number of hydrogen-bond donors (Lipinski definition) is 1. The molecule has 0 aliphatic carbocycles. The second-order valence-corrected chi connectivity index (χ2v) is 6.66. The third-order valence-corrected chi connectivity index (χ3v) is 5.18. The molecule has 1 N–H and O–H groups in total. The first-order valence-electron chi connectivity index (χ1n) is 6.82. The number of benzene rings is 1. The summed E-state index contributed by atoms with van der Waals surface area (Å²) in [6, 6.07) is 9.19. The Bertz CT molecular complexity index is 749. The lowest BCUT2D eigenvalue weighted by atomic mass is 10.1. The fourth-order valence-corrected chi connectivity index (χ4v) is 4.09. The van der Waals surface area contributed by atoms with E-state index in [0.29, 0.717) is 18.0 Å². The number of rotatable bonds is 3. The highest BCUT2D eigenvalue weighted by Crippen LogP contribution is 2.25. The van der Waals surface area contributed by atoms with Crippen molar-refractivity contribution in [3.8, 4) is 11.1 Å². The SMILES string of the molecule is O=c1[nH]c(Cl)c(-c2ccccc2)c(=O)n1CC1CCSC1. The van der Waals surface area contributed by atoms with Gasteiger partial charge in [-0.3, -0.25) is 14.3 Å². The molecular weight excluding hydrogens is 308 g/mol. The largest absolute Gasteiger partial charge is 0.329 e. The van der Waals surface area contributed by atoms with E-state index in [-0.39, 0.29) is 10.7 Å². The predicted octanol–water partition coefficient (Wildman–Crippen LogP) is 2.61. The molecule has 2 heterocycles. The summed E-state index contributed by atoms with van der Waals surface area (Å²) >= 11 is 7.95. The van der Waals surface area contributed by atoms with Crippen molar-refractivity contribution in [3.63, 3.8) is 0 Å². The van der Waals surface area contributed by atoms with Crippen LogP contribution >= 0.6 is 23.4 Å². The molecule has 1 unspecified atom stereocenters. The smallest absolute Gasteiger partial charge is 0.297 e. The second-order valence-electron chi connectivity index (χ2n) is 5.13. The van der Waals surface area contributed by atoms with Crippen LogP contribution in [0.25, 0.3) is 11.1 Å². The maximum Gasteiger partial charge on any atom is 0.329 e. The lowest BCUT2D eigenvalue weighted by molar-refractivity contribution is 0.468. The molecule has 1 atom stereocenters. The molecule has 0 bridgehead atoms. The van der Waals surface area contributed by atoms with Crippen molar-refractivity contribution in [2.24, 2.45) is 5.92 Å². The predicted molar refractivity (Wildman–Crippen MR) is 87.2 cm³/mol. The minimum absolute atomic E-state index is 0.105. The molecule has 1 aromatic heterocycles. The van der Waals surface area contributed by atoms with Crippen molar-refractivity contribution >= 4 is 23.4 Å². The van der Waals surface area contributed by atoms with Crippen LogP contribution in [0, 0.1) is 5.92 Å². The topological polar surface area (TPSA) is 54.9 Å². The Balaban J connectivity index is 2.09. The number of nitrogens with zero attached hydrogens (tertiary/aromatic N) is 1. The van der Waals surface area contributed by atoms with Crippen molar-refractivity contribution in [1.29, 1.82) is 0 Å². The number of aromatic amines is 1. The molecule has 0 amide bonds. The average molecular weight is 323 g/mol. The molecule has 21 heavy (non-hydrogen) atoms. The molecule has 1 saturated heterocycles. The first-order valence-corrected chi connectivity index (χ1v) is 8.36. The van der Waals surface area contributed by atoms with Gasteiger partial charge in [-0.25, -0.2) is 4.79 Å². The Labute approximate surface area is 131 Å². The van der Waals surface area contributed by atoms with Gasteiger partial charge in [0, 0.05) is 6.54 Å². The van der Waals surface area contributed by atoms with Crippen LogP contribution in [0.1, 0.15) is 6.42 Å². The first kappa shape index (κ1) is 14.5. The quantitative estimate of drug-likeness (QED) is 0.884. The minimum Gasteiger partial charge on any atom is -0.297 e. The van der Waals surface area contributed by atoms with E-state index in [2.05, 4.69) is 4.98 Å². The van der Waals surface area contributed by atoms with Gasteiger partial charge < -0.3 is 0 Å². The highest BCUT2D eigenvalue weighted by Gasteiger charge is 2.20. The van der Waals surface area contributed by atoms with E-state index >= 15 is 0 Å². The van der Waals surface area contributed by atoms with Gasteiger partial charge in [-0.1, -0.05) is 41.9 Å². The van der Waals surface area contributed by atoms with Crippen molar-refractivity contribution in [2.75, 3.05) is 11.5 Å². The summed E-state index contributed by atoms with van der Waals surface area (Å²) in [6.07, 6.45) is 1.04. The first-order chi connectivity index (χ1) is 10.2. The second kappa shape index (κ2) is 6.12. The van der Waals surface area contributed by atoms with E-state index in [1.165, 1.54) is 4.57 Å². The standard InChI is InChI=1S/C15H15ClN2O2S/c16-13-12(11-4-2-1-3-5-11)14(19)18(15(20)17-13)8-10-6-7-21-9-10/h1-5,10H,6-9H2,(H,17,20). The van der Waals surface area contributed by atoms with Gasteiger partial charge in [-0.05, 0) is 29.4 Å². The van der Waals surface area contributed by atoms with Crippen molar-refractivity contribution < 1.29 is 0 Å². The van der Waals surface area contributed by atoms with Crippen LogP contribution < -0.4 is 11.2 Å². The summed E-state index contributed by atoms with van der Waals surface area (Å²) in [6.45, 7) is 0.457. The fourth-order valence-electron chi connectivity index (χ4n) is 2.55. The van der Waals surface area contributed by atoms with Gasteiger partial charge in [0.15, 0.2) is 0 Å². The maximum atomic E-state index is 12.7. The molecule has 3 rings (SSSR count). The van der Waals surface area contributed by atoms with E-state index in [9.17, 15) is 9.59 Å². The van der Waals surface area contributed by atoms with Gasteiger partial charge in [-0.15, -0.1) is 0 Å². The molecule has 0 radical (unpaired) electrons. The Kier molecular flexibility index (Phi) is 4.22. The normalized spacial score (nSPS) is 18.0. The van der Waals surface area contributed by atoms with Crippen LogP contribution in [-0.4, -0.2) is 21.1 Å². The van der Waals surface area contributed by atoms with E-state index < -0.39 is 5.69 Å². The molecule has 1 aliphatic heterocycles. The van der Waals surface area contributed by atoms with Crippen LogP contribution in [0.4, 0.5) is 0 Å². The highest BCUT2D eigenvalue weighted by molar-refractivity contribution is 7.99. The molecule has 1 aromatic carbocycles. The lowest BCUT2D eigenvalue weighted by Crippen LogP contribution is -2.38. The van der Waals surface area contributed by atoms with Gasteiger partial charge in [0.25, 0.3) is 5.56 Å². The van der Waals surface area contributed by atoms with Crippen LogP contribution in [0.5, 0.6) is 0 Å². The monoisotopic (exact) mass is 322 g/mol. The van der Waals surface area contributed by atoms with Crippen LogP contribution in [-0.2, 0) is 6.54 Å². The van der Waals surface area contributed by atoms with Crippen LogP contribution in [0.2, 0.25) is 5.15 Å². The number of H-pyrrole nitrogens is 1. The Morgan fingerprint density at radius 1 is 1.29 bits per heavy atom. The van der Waals surface area contributed by atoms with Crippen LogP contribution in [0.15, 0.2) is 39.9 Å². The Morgan fingerprint density at radius 2 is 2.05 bits per heavy atom. The van der Waals surface area contributed by atoms with E-state index in [0.717, 1.165) is 23.5 Å². The zero-order valence-electron chi connectivity index (χ0n) is 11.3. The van der Waals surface area contributed by atoms with Crippen molar-refractivity contribution in [1.82, 2.24) is 9.55 Å². The van der Waals surface area contributed by atoms with Crippen molar-refractivity contribution in [2.45, 2.75) is 13.0 Å². The van der Waals surface area contributed by atoms with E-state index in [1.807, 2.05) is 42.1 Å². The summed E-state index contributed by atoms with van der Waals surface area (Å²) in [5.41, 5.74) is 0.342. The summed E-state index contributed by atoms with van der Waals surface area (Å²) in [5, 5.41) is 0.105. The highest BCUT2D eigenvalue weighted by atomic mass is 35.5. The molecule has 2 aromatic rings. The van der Waals surface area contributed by atoms with Gasteiger partial charge >= 0.3 is 5.69 Å². The lowest BCUT2D eigenvalue weighted by Gasteiger charge is -2.12. The van der Waals surface area contributed by atoms with Gasteiger partial charge in [-0.2, -0.15) is 11.8 Å². The molecule has 6 heteroatoms. The molecule has 0 spiro atoms. The average Bonchev–Trinajstić information content (AvgIpc) is 2.97. The number of thioether (sulfide) groups is 1. The zero-order valence-corrected chi connectivity index (χ0v) is 12.9. The number of halogens is 1.